The molecule has 1 heterocycles. The van der Waals surface area contributed by atoms with Gasteiger partial charge < -0.3 is 0 Å². The maximum Gasteiger partial charge on any atom is 0.0708 e. The minimum absolute atomic E-state index is 0.814. The Morgan fingerprint density at radius 1 is 1.00 bits per heavy atom. The molecule has 0 spiro atoms. The molecule has 0 unspecified atom stereocenters. The fourth-order valence-corrected chi connectivity index (χ4v) is 1.39. The molecular weight excluding hydrogens is 194 g/mol. The normalized spacial score (nSPS) is 10.5. The Kier molecular flexibility index (Phi) is 3.29. The highest BCUT2D eigenvalue weighted by Crippen LogP contribution is 2.12. The Morgan fingerprint density at radius 3 is 2.44 bits per heavy atom. The molecule has 2 rings (SSSR count). The van der Waals surface area contributed by atoms with Crippen molar-refractivity contribution in [3.63, 3.8) is 0 Å². The van der Waals surface area contributed by atoms with Crippen LogP contribution in [0.25, 0.3) is 12.2 Å². The minimum Gasteiger partial charge on any atom is -0.256 e. The van der Waals surface area contributed by atoms with E-state index in [-0.39, 0.29) is 0 Å². The third kappa shape index (κ3) is 2.45. The van der Waals surface area contributed by atoms with E-state index in [1.165, 1.54) is 0 Å². The SMILES string of the molecule is [CH]=Cc1ccccc1C=[C]c1ccccn1. The Balaban J connectivity index is 2.27. The van der Waals surface area contributed by atoms with Crippen molar-refractivity contribution in [2.45, 2.75) is 0 Å². The average molecular weight is 205 g/mol. The van der Waals surface area contributed by atoms with Crippen molar-refractivity contribution in [3.05, 3.63) is 78.1 Å². The largest absolute Gasteiger partial charge is 0.256 e. The number of aromatic nitrogens is 1. The first-order valence-corrected chi connectivity index (χ1v) is 5.05. The van der Waals surface area contributed by atoms with Crippen LogP contribution in [0.2, 0.25) is 0 Å². The number of pyridine rings is 1. The van der Waals surface area contributed by atoms with E-state index in [1.807, 2.05) is 48.5 Å². The molecule has 0 aliphatic rings. The fraction of sp³-hybridized carbons (Fsp3) is 0. The van der Waals surface area contributed by atoms with Crippen LogP contribution >= 0.6 is 0 Å². The van der Waals surface area contributed by atoms with E-state index < -0.39 is 0 Å². The first-order valence-electron chi connectivity index (χ1n) is 5.05. The number of nitrogens with zero attached hydrogens (tertiary/aromatic N) is 1. The molecule has 1 aromatic heterocycles. The van der Waals surface area contributed by atoms with Gasteiger partial charge in [-0.3, -0.25) is 4.98 Å². The molecule has 2 radical (unpaired) electrons. The third-order valence-electron chi connectivity index (χ3n) is 2.22. The molecule has 0 aliphatic heterocycles. The molecular formula is C15H11N. The van der Waals surface area contributed by atoms with Crippen LogP contribution in [0.3, 0.4) is 0 Å². The molecule has 1 heteroatoms. The van der Waals surface area contributed by atoms with E-state index in [4.69, 9.17) is 6.58 Å². The zero-order valence-electron chi connectivity index (χ0n) is 8.80. The van der Waals surface area contributed by atoms with E-state index in [2.05, 4.69) is 11.1 Å². The van der Waals surface area contributed by atoms with Crippen molar-refractivity contribution in [1.29, 1.82) is 0 Å². The second-order valence-electron chi connectivity index (χ2n) is 3.30. The lowest BCUT2D eigenvalue weighted by Gasteiger charge is -1.98. The molecule has 0 amide bonds. The predicted octanol–water partition coefficient (Wildman–Crippen LogP) is 3.39. The fourth-order valence-electron chi connectivity index (χ4n) is 1.39. The van der Waals surface area contributed by atoms with Gasteiger partial charge in [-0.15, -0.1) is 0 Å². The van der Waals surface area contributed by atoms with Gasteiger partial charge in [0.25, 0.3) is 0 Å². The summed E-state index contributed by atoms with van der Waals surface area (Å²) in [6.45, 7) is 5.53. The van der Waals surface area contributed by atoms with Crippen molar-refractivity contribution >= 4 is 12.2 Å². The lowest BCUT2D eigenvalue weighted by atomic mass is 10.1. The van der Waals surface area contributed by atoms with E-state index in [1.54, 1.807) is 12.3 Å². The molecule has 0 fully saturated rings. The summed E-state index contributed by atoms with van der Waals surface area (Å²) >= 11 is 0. The summed E-state index contributed by atoms with van der Waals surface area (Å²) in [4.78, 5) is 4.17. The predicted molar refractivity (Wildman–Crippen MR) is 66.3 cm³/mol. The van der Waals surface area contributed by atoms with Crippen molar-refractivity contribution < 1.29 is 0 Å². The summed E-state index contributed by atoms with van der Waals surface area (Å²) in [6.07, 6.45) is 8.35. The molecule has 0 aliphatic carbocycles. The van der Waals surface area contributed by atoms with Gasteiger partial charge in [0, 0.05) is 12.3 Å². The Hall–Kier alpha value is -2.15. The molecule has 0 saturated heterocycles. The zero-order chi connectivity index (χ0) is 11.2. The van der Waals surface area contributed by atoms with Gasteiger partial charge in [-0.1, -0.05) is 43.0 Å². The summed E-state index contributed by atoms with van der Waals surface area (Å²) in [6, 6.07) is 13.6. The molecule has 1 nitrogen and oxygen atoms in total. The molecule has 2 aromatic rings. The van der Waals surface area contributed by atoms with Crippen LogP contribution in [0.1, 0.15) is 16.8 Å². The number of rotatable bonds is 3. The Morgan fingerprint density at radius 2 is 1.75 bits per heavy atom. The highest BCUT2D eigenvalue weighted by Gasteiger charge is 1.93. The first kappa shape index (κ1) is 10.4. The summed E-state index contributed by atoms with van der Waals surface area (Å²) in [5.41, 5.74) is 2.84. The Bertz CT molecular complexity index is 498. The maximum atomic E-state index is 5.53. The number of hydrogen-bond acceptors (Lipinski definition) is 1. The molecule has 0 saturated carbocycles. The van der Waals surface area contributed by atoms with Crippen molar-refractivity contribution in [1.82, 2.24) is 4.98 Å². The van der Waals surface area contributed by atoms with E-state index in [0.29, 0.717) is 0 Å². The van der Waals surface area contributed by atoms with Crippen LogP contribution < -0.4 is 0 Å². The molecule has 0 bridgehead atoms. The monoisotopic (exact) mass is 205 g/mol. The molecule has 0 atom stereocenters. The first-order chi connectivity index (χ1) is 7.90. The van der Waals surface area contributed by atoms with Crippen LogP contribution in [-0.4, -0.2) is 4.98 Å². The lowest BCUT2D eigenvalue weighted by molar-refractivity contribution is 1.26. The molecule has 76 valence electrons. The summed E-state index contributed by atoms with van der Waals surface area (Å²) in [7, 11) is 0. The zero-order valence-corrected chi connectivity index (χ0v) is 8.80. The van der Waals surface area contributed by atoms with Crippen LogP contribution in [0.15, 0.2) is 48.7 Å². The molecule has 1 aromatic carbocycles. The van der Waals surface area contributed by atoms with Gasteiger partial charge in [0.05, 0.1) is 5.69 Å². The third-order valence-corrected chi connectivity index (χ3v) is 2.22. The van der Waals surface area contributed by atoms with Crippen molar-refractivity contribution in [3.8, 4) is 0 Å². The van der Waals surface area contributed by atoms with Crippen molar-refractivity contribution in [2.75, 3.05) is 0 Å². The summed E-state index contributed by atoms with van der Waals surface area (Å²) in [5, 5.41) is 0. The van der Waals surface area contributed by atoms with Crippen molar-refractivity contribution in [2.24, 2.45) is 0 Å². The van der Waals surface area contributed by atoms with Gasteiger partial charge >= 0.3 is 0 Å². The smallest absolute Gasteiger partial charge is 0.0708 e. The topological polar surface area (TPSA) is 12.9 Å². The number of benzene rings is 1. The van der Waals surface area contributed by atoms with Crippen LogP contribution in [-0.2, 0) is 0 Å². The highest BCUT2D eigenvalue weighted by atomic mass is 14.6. The second kappa shape index (κ2) is 5.08. The molecule has 0 N–H and O–H groups in total. The summed E-state index contributed by atoms with van der Waals surface area (Å²) in [5.74, 6) is 0. The summed E-state index contributed by atoms with van der Waals surface area (Å²) < 4.78 is 0. The van der Waals surface area contributed by atoms with Crippen LogP contribution in [0, 0.1) is 12.7 Å². The van der Waals surface area contributed by atoms with Gasteiger partial charge in [0.15, 0.2) is 0 Å². The van der Waals surface area contributed by atoms with E-state index in [0.717, 1.165) is 16.8 Å². The lowest BCUT2D eigenvalue weighted by Crippen LogP contribution is -1.81. The van der Waals surface area contributed by atoms with Crippen LogP contribution in [0.4, 0.5) is 0 Å². The van der Waals surface area contributed by atoms with Gasteiger partial charge in [-0.05, 0) is 29.3 Å². The quantitative estimate of drug-likeness (QED) is 0.748. The average Bonchev–Trinajstić information content (AvgIpc) is 2.38. The highest BCUT2D eigenvalue weighted by molar-refractivity contribution is 5.63. The van der Waals surface area contributed by atoms with Gasteiger partial charge in [-0.25, -0.2) is 0 Å². The second-order valence-corrected chi connectivity index (χ2v) is 3.30. The van der Waals surface area contributed by atoms with Crippen LogP contribution in [0.5, 0.6) is 0 Å². The standard InChI is InChI=1S/C15H11N/c1-2-13-7-3-4-8-14(13)10-11-15-9-5-6-12-16-15/h1-10,12H. The number of hydrogen-bond donors (Lipinski definition) is 0. The van der Waals surface area contributed by atoms with Gasteiger partial charge in [0.2, 0.25) is 0 Å². The van der Waals surface area contributed by atoms with E-state index in [9.17, 15) is 0 Å². The maximum absolute atomic E-state index is 5.53. The molecule has 16 heavy (non-hydrogen) atoms. The minimum atomic E-state index is 0.814. The van der Waals surface area contributed by atoms with E-state index >= 15 is 0 Å². The Labute approximate surface area is 95.8 Å². The van der Waals surface area contributed by atoms with Gasteiger partial charge in [-0.2, -0.15) is 0 Å². The van der Waals surface area contributed by atoms with Gasteiger partial charge in [0.1, 0.15) is 0 Å².